The number of imide groups is 1. The molecular formula is C20H22N2O6. The van der Waals surface area contributed by atoms with Gasteiger partial charge in [0.15, 0.2) is 6.61 Å². The SMILES string of the molecule is COc1ccc(CNC(=O)COC(=O)CN2C(=O)[C@H]3CC=CC[C@@H]3C2=O)cc1. The van der Waals surface area contributed by atoms with E-state index in [9.17, 15) is 19.2 Å². The quantitative estimate of drug-likeness (QED) is 0.423. The van der Waals surface area contributed by atoms with Gasteiger partial charge in [-0.25, -0.2) is 0 Å². The van der Waals surface area contributed by atoms with Gasteiger partial charge in [-0.3, -0.25) is 24.1 Å². The minimum absolute atomic E-state index is 0.278. The van der Waals surface area contributed by atoms with Crippen LogP contribution in [0.1, 0.15) is 18.4 Å². The van der Waals surface area contributed by atoms with Gasteiger partial charge < -0.3 is 14.8 Å². The van der Waals surface area contributed by atoms with Crippen LogP contribution < -0.4 is 10.1 Å². The number of allylic oxidation sites excluding steroid dienone is 2. The topological polar surface area (TPSA) is 102 Å². The molecule has 1 aromatic carbocycles. The number of carbonyl (C=O) groups is 4. The summed E-state index contributed by atoms with van der Waals surface area (Å²) in [7, 11) is 1.57. The summed E-state index contributed by atoms with van der Waals surface area (Å²) in [6, 6.07) is 7.17. The number of nitrogens with zero attached hydrogens (tertiary/aromatic N) is 1. The number of fused-ring (bicyclic) bond motifs is 1. The molecule has 1 N–H and O–H groups in total. The van der Waals surface area contributed by atoms with E-state index in [4.69, 9.17) is 9.47 Å². The summed E-state index contributed by atoms with van der Waals surface area (Å²) in [6.45, 7) is -0.657. The van der Waals surface area contributed by atoms with Gasteiger partial charge in [0.25, 0.3) is 5.91 Å². The van der Waals surface area contributed by atoms with Crippen molar-refractivity contribution in [3.63, 3.8) is 0 Å². The van der Waals surface area contributed by atoms with Crippen molar-refractivity contribution in [1.82, 2.24) is 10.2 Å². The average molecular weight is 386 g/mol. The molecule has 0 unspecified atom stereocenters. The zero-order chi connectivity index (χ0) is 20.1. The third kappa shape index (κ3) is 4.39. The molecule has 1 aliphatic carbocycles. The summed E-state index contributed by atoms with van der Waals surface area (Å²) in [5, 5.41) is 2.63. The molecule has 1 fully saturated rings. The van der Waals surface area contributed by atoms with Crippen LogP contribution in [0.15, 0.2) is 36.4 Å². The van der Waals surface area contributed by atoms with Gasteiger partial charge in [-0.2, -0.15) is 0 Å². The highest BCUT2D eigenvalue weighted by molar-refractivity contribution is 6.07. The molecule has 0 saturated carbocycles. The number of hydrogen-bond acceptors (Lipinski definition) is 6. The third-order valence-electron chi connectivity index (χ3n) is 4.90. The molecule has 3 rings (SSSR count). The molecule has 0 spiro atoms. The van der Waals surface area contributed by atoms with E-state index in [0.717, 1.165) is 10.5 Å². The lowest BCUT2D eigenvalue weighted by Gasteiger charge is -2.14. The zero-order valence-electron chi connectivity index (χ0n) is 15.6. The fourth-order valence-electron chi connectivity index (χ4n) is 3.34. The average Bonchev–Trinajstić information content (AvgIpc) is 2.96. The summed E-state index contributed by atoms with van der Waals surface area (Å²) in [5.74, 6) is -2.02. The predicted octanol–water partition coefficient (Wildman–Crippen LogP) is 0.806. The molecule has 0 aromatic heterocycles. The Morgan fingerprint density at radius 2 is 1.68 bits per heavy atom. The van der Waals surface area contributed by atoms with Gasteiger partial charge in [0.1, 0.15) is 12.3 Å². The highest BCUT2D eigenvalue weighted by Gasteiger charge is 2.47. The molecule has 28 heavy (non-hydrogen) atoms. The van der Waals surface area contributed by atoms with Gasteiger partial charge in [0, 0.05) is 6.54 Å². The van der Waals surface area contributed by atoms with Gasteiger partial charge in [0.2, 0.25) is 11.8 Å². The van der Waals surface area contributed by atoms with Crippen molar-refractivity contribution in [2.45, 2.75) is 19.4 Å². The van der Waals surface area contributed by atoms with E-state index in [1.807, 2.05) is 24.3 Å². The maximum absolute atomic E-state index is 12.3. The van der Waals surface area contributed by atoms with Gasteiger partial charge >= 0.3 is 5.97 Å². The van der Waals surface area contributed by atoms with Crippen LogP contribution in [-0.4, -0.2) is 48.9 Å². The summed E-state index contributed by atoms with van der Waals surface area (Å²) in [5.41, 5.74) is 0.866. The van der Waals surface area contributed by atoms with Crippen LogP contribution in [0.2, 0.25) is 0 Å². The van der Waals surface area contributed by atoms with Crippen LogP contribution >= 0.6 is 0 Å². The lowest BCUT2D eigenvalue weighted by atomic mass is 9.85. The summed E-state index contributed by atoms with van der Waals surface area (Å²) < 4.78 is 9.97. The largest absolute Gasteiger partial charge is 0.497 e. The molecule has 1 saturated heterocycles. The number of ether oxygens (including phenoxy) is 2. The maximum atomic E-state index is 12.3. The normalized spacial score (nSPS) is 20.7. The molecule has 1 aromatic rings. The summed E-state index contributed by atoms with van der Waals surface area (Å²) >= 11 is 0. The van der Waals surface area contributed by atoms with Crippen molar-refractivity contribution in [2.75, 3.05) is 20.3 Å². The van der Waals surface area contributed by atoms with Crippen molar-refractivity contribution in [3.8, 4) is 5.75 Å². The highest BCUT2D eigenvalue weighted by Crippen LogP contribution is 2.34. The molecule has 0 radical (unpaired) electrons. The Morgan fingerprint density at radius 3 is 2.25 bits per heavy atom. The number of benzene rings is 1. The number of esters is 1. The zero-order valence-corrected chi connectivity index (χ0v) is 15.6. The first-order valence-corrected chi connectivity index (χ1v) is 9.05. The van der Waals surface area contributed by atoms with Crippen molar-refractivity contribution in [2.24, 2.45) is 11.8 Å². The van der Waals surface area contributed by atoms with Crippen molar-refractivity contribution < 1.29 is 28.7 Å². The lowest BCUT2D eigenvalue weighted by molar-refractivity contribution is -0.154. The van der Waals surface area contributed by atoms with E-state index in [-0.39, 0.29) is 18.4 Å². The fraction of sp³-hybridized carbons (Fsp3) is 0.400. The second-order valence-corrected chi connectivity index (χ2v) is 6.70. The molecule has 3 amide bonds. The first-order chi connectivity index (χ1) is 13.5. The fourth-order valence-corrected chi connectivity index (χ4v) is 3.34. The van der Waals surface area contributed by atoms with Crippen LogP contribution in [0.4, 0.5) is 0 Å². The second-order valence-electron chi connectivity index (χ2n) is 6.70. The number of methoxy groups -OCH3 is 1. The summed E-state index contributed by atoms with van der Waals surface area (Å²) in [6.07, 6.45) is 4.77. The van der Waals surface area contributed by atoms with Crippen LogP contribution in [0.5, 0.6) is 5.75 Å². The van der Waals surface area contributed by atoms with E-state index in [0.29, 0.717) is 18.6 Å². The van der Waals surface area contributed by atoms with Crippen LogP contribution in [-0.2, 0) is 30.5 Å². The first kappa shape index (κ1) is 19.6. The van der Waals surface area contributed by atoms with Crippen molar-refractivity contribution >= 4 is 23.7 Å². The van der Waals surface area contributed by atoms with Crippen LogP contribution in [0, 0.1) is 11.8 Å². The standard InChI is InChI=1S/C20H22N2O6/c1-27-14-8-6-13(7-9-14)10-21-17(23)12-28-18(24)11-22-19(25)15-4-2-3-5-16(15)20(22)26/h2-3,6-9,15-16H,4-5,10-12H2,1H3,(H,21,23)/t15-,16-/m0/s1. The molecule has 1 aliphatic heterocycles. The van der Waals surface area contributed by atoms with Crippen LogP contribution in [0.25, 0.3) is 0 Å². The number of likely N-dealkylation sites (tertiary alicyclic amines) is 1. The number of hydrogen-bond donors (Lipinski definition) is 1. The Morgan fingerprint density at radius 1 is 1.07 bits per heavy atom. The minimum Gasteiger partial charge on any atom is -0.497 e. The van der Waals surface area contributed by atoms with Crippen molar-refractivity contribution in [1.29, 1.82) is 0 Å². The number of carbonyl (C=O) groups excluding carboxylic acids is 4. The van der Waals surface area contributed by atoms with E-state index in [2.05, 4.69) is 5.32 Å². The van der Waals surface area contributed by atoms with Crippen LogP contribution in [0.3, 0.4) is 0 Å². The summed E-state index contributed by atoms with van der Waals surface area (Å²) in [4.78, 5) is 49.4. The van der Waals surface area contributed by atoms with Gasteiger partial charge in [-0.1, -0.05) is 24.3 Å². The Bertz CT molecular complexity index is 775. The van der Waals surface area contributed by atoms with Gasteiger partial charge in [0.05, 0.1) is 18.9 Å². The molecule has 148 valence electrons. The Kier molecular flexibility index (Phi) is 6.08. The second kappa shape index (κ2) is 8.69. The molecule has 2 aliphatic rings. The number of amides is 3. The Hall–Kier alpha value is -3.16. The molecule has 0 bridgehead atoms. The monoisotopic (exact) mass is 386 g/mol. The third-order valence-corrected chi connectivity index (χ3v) is 4.90. The Balaban J connectivity index is 1.42. The Labute approximate surface area is 162 Å². The van der Waals surface area contributed by atoms with Gasteiger partial charge in [-0.15, -0.1) is 0 Å². The molecular weight excluding hydrogens is 364 g/mol. The molecule has 2 atom stereocenters. The van der Waals surface area contributed by atoms with E-state index < -0.39 is 36.9 Å². The smallest absolute Gasteiger partial charge is 0.326 e. The number of rotatable bonds is 7. The van der Waals surface area contributed by atoms with E-state index >= 15 is 0 Å². The van der Waals surface area contributed by atoms with Crippen molar-refractivity contribution in [3.05, 3.63) is 42.0 Å². The van der Waals surface area contributed by atoms with E-state index in [1.165, 1.54) is 0 Å². The molecule has 8 heteroatoms. The minimum atomic E-state index is -0.784. The number of nitrogens with one attached hydrogen (secondary N) is 1. The molecule has 8 nitrogen and oxygen atoms in total. The highest BCUT2D eigenvalue weighted by atomic mass is 16.5. The first-order valence-electron chi connectivity index (χ1n) is 9.05. The molecule has 1 heterocycles. The van der Waals surface area contributed by atoms with Gasteiger partial charge in [-0.05, 0) is 30.5 Å². The maximum Gasteiger partial charge on any atom is 0.326 e. The predicted molar refractivity (Wildman–Crippen MR) is 97.9 cm³/mol. The van der Waals surface area contributed by atoms with E-state index in [1.54, 1.807) is 19.2 Å². The lowest BCUT2D eigenvalue weighted by Crippen LogP contribution is -2.38.